The quantitative estimate of drug-likeness (QED) is 0.575. The average molecular weight is 373 g/mol. The number of carbonyl (C=O) groups excluding carboxylic acids is 2. The standard InChI is InChI=1S/C16H15N5O2S2/c1-9(15(23)18-11-6-4-10(5-7-11)13(17)22)25-16-19-14(20-21-16)12-3-2-8-24-12/h2-9H,1H3,(H2,17,22)(H,18,23)(H,19,20,21)/t9-/m0/s1. The van der Waals surface area contributed by atoms with Crippen molar-refractivity contribution in [2.24, 2.45) is 5.73 Å². The maximum atomic E-state index is 12.3. The van der Waals surface area contributed by atoms with E-state index in [1.807, 2.05) is 17.5 Å². The Morgan fingerprint density at radius 1 is 1.28 bits per heavy atom. The van der Waals surface area contributed by atoms with Gasteiger partial charge in [0, 0.05) is 11.3 Å². The minimum absolute atomic E-state index is 0.181. The van der Waals surface area contributed by atoms with Gasteiger partial charge in [-0.05, 0) is 42.6 Å². The number of primary amides is 1. The molecule has 0 radical (unpaired) electrons. The van der Waals surface area contributed by atoms with Crippen molar-refractivity contribution in [1.29, 1.82) is 0 Å². The number of H-pyrrole nitrogens is 1. The van der Waals surface area contributed by atoms with Crippen molar-refractivity contribution < 1.29 is 9.59 Å². The predicted octanol–water partition coefficient (Wildman–Crippen LogP) is 2.75. The molecule has 2 amide bonds. The molecule has 0 aliphatic heterocycles. The van der Waals surface area contributed by atoms with Gasteiger partial charge in [-0.3, -0.25) is 14.7 Å². The van der Waals surface area contributed by atoms with Crippen LogP contribution in [-0.2, 0) is 4.79 Å². The van der Waals surface area contributed by atoms with Crippen LogP contribution in [0, 0.1) is 0 Å². The molecule has 0 aliphatic carbocycles. The normalized spacial score (nSPS) is 11.9. The van der Waals surface area contributed by atoms with E-state index in [9.17, 15) is 9.59 Å². The van der Waals surface area contributed by atoms with Crippen molar-refractivity contribution in [3.63, 3.8) is 0 Å². The first-order valence-corrected chi connectivity index (χ1v) is 9.12. The lowest BCUT2D eigenvalue weighted by atomic mass is 10.2. The first-order chi connectivity index (χ1) is 12.0. The molecular formula is C16H15N5O2S2. The van der Waals surface area contributed by atoms with E-state index in [1.165, 1.54) is 11.8 Å². The number of amides is 2. The number of nitrogens with two attached hydrogens (primary N) is 1. The van der Waals surface area contributed by atoms with Crippen LogP contribution in [-0.4, -0.2) is 32.2 Å². The number of hydrogen-bond acceptors (Lipinski definition) is 6. The Morgan fingerprint density at radius 3 is 2.68 bits per heavy atom. The third-order valence-corrected chi connectivity index (χ3v) is 5.15. The molecule has 0 fully saturated rings. The monoisotopic (exact) mass is 373 g/mol. The first-order valence-electron chi connectivity index (χ1n) is 7.36. The second kappa shape index (κ2) is 7.49. The zero-order chi connectivity index (χ0) is 17.8. The number of thiophene rings is 1. The molecule has 0 saturated carbocycles. The fourth-order valence-electron chi connectivity index (χ4n) is 2.00. The lowest BCUT2D eigenvalue weighted by Crippen LogP contribution is -2.22. The predicted molar refractivity (Wildman–Crippen MR) is 98.6 cm³/mol. The fraction of sp³-hybridized carbons (Fsp3) is 0.125. The lowest BCUT2D eigenvalue weighted by Gasteiger charge is -2.10. The van der Waals surface area contributed by atoms with Gasteiger partial charge in [0.2, 0.25) is 17.0 Å². The highest BCUT2D eigenvalue weighted by Crippen LogP contribution is 2.25. The van der Waals surface area contributed by atoms with E-state index in [2.05, 4.69) is 20.5 Å². The molecule has 3 aromatic rings. The van der Waals surface area contributed by atoms with Crippen LogP contribution in [0.4, 0.5) is 5.69 Å². The van der Waals surface area contributed by atoms with Crippen LogP contribution in [0.5, 0.6) is 0 Å². The number of nitrogens with one attached hydrogen (secondary N) is 2. The van der Waals surface area contributed by atoms with Crippen molar-refractivity contribution in [3.8, 4) is 10.7 Å². The molecule has 1 aromatic carbocycles. The van der Waals surface area contributed by atoms with Gasteiger partial charge in [0.05, 0.1) is 10.1 Å². The van der Waals surface area contributed by atoms with Crippen LogP contribution < -0.4 is 11.1 Å². The molecule has 25 heavy (non-hydrogen) atoms. The zero-order valence-corrected chi connectivity index (χ0v) is 14.9. The Bertz CT molecular complexity index is 874. The Kier molecular flexibility index (Phi) is 5.15. The number of aromatic amines is 1. The minimum atomic E-state index is -0.507. The molecule has 2 heterocycles. The molecule has 4 N–H and O–H groups in total. The van der Waals surface area contributed by atoms with Gasteiger partial charge in [-0.1, -0.05) is 17.8 Å². The summed E-state index contributed by atoms with van der Waals surface area (Å²) in [6.07, 6.45) is 0. The van der Waals surface area contributed by atoms with Crippen LogP contribution in [0.3, 0.4) is 0 Å². The summed E-state index contributed by atoms with van der Waals surface area (Å²) >= 11 is 2.83. The van der Waals surface area contributed by atoms with Crippen LogP contribution in [0.2, 0.25) is 0 Å². The summed E-state index contributed by atoms with van der Waals surface area (Å²) in [6.45, 7) is 1.78. The largest absolute Gasteiger partial charge is 0.366 e. The molecule has 128 valence electrons. The van der Waals surface area contributed by atoms with Crippen LogP contribution in [0.1, 0.15) is 17.3 Å². The first kappa shape index (κ1) is 17.2. The van der Waals surface area contributed by atoms with Gasteiger partial charge < -0.3 is 11.1 Å². The van der Waals surface area contributed by atoms with Gasteiger partial charge in [-0.2, -0.15) is 0 Å². The Labute approximate surface area is 152 Å². The maximum absolute atomic E-state index is 12.3. The van der Waals surface area contributed by atoms with E-state index >= 15 is 0 Å². The van der Waals surface area contributed by atoms with E-state index in [-0.39, 0.29) is 11.2 Å². The van der Waals surface area contributed by atoms with E-state index in [0.29, 0.717) is 22.2 Å². The van der Waals surface area contributed by atoms with Crippen LogP contribution in [0.25, 0.3) is 10.7 Å². The topological polar surface area (TPSA) is 114 Å². The average Bonchev–Trinajstić information content (AvgIpc) is 3.26. The number of benzene rings is 1. The maximum Gasteiger partial charge on any atom is 0.248 e. The Morgan fingerprint density at radius 2 is 2.04 bits per heavy atom. The number of carbonyl (C=O) groups is 2. The molecule has 1 atom stereocenters. The zero-order valence-electron chi connectivity index (χ0n) is 13.2. The number of hydrogen-bond donors (Lipinski definition) is 3. The second-order valence-electron chi connectivity index (χ2n) is 5.13. The number of aromatic nitrogens is 3. The molecule has 0 spiro atoms. The van der Waals surface area contributed by atoms with E-state index < -0.39 is 5.91 Å². The fourth-order valence-corrected chi connectivity index (χ4v) is 3.38. The highest BCUT2D eigenvalue weighted by Gasteiger charge is 2.18. The summed E-state index contributed by atoms with van der Waals surface area (Å²) in [5, 5.41) is 11.9. The molecule has 3 rings (SSSR count). The molecule has 0 unspecified atom stereocenters. The summed E-state index contributed by atoms with van der Waals surface area (Å²) < 4.78 is 0. The third kappa shape index (κ3) is 4.25. The Hall–Kier alpha value is -2.65. The van der Waals surface area contributed by atoms with Gasteiger partial charge in [0.1, 0.15) is 0 Å². The van der Waals surface area contributed by atoms with Crippen molar-refractivity contribution in [3.05, 3.63) is 47.3 Å². The third-order valence-electron chi connectivity index (χ3n) is 3.31. The SMILES string of the molecule is C[C@H](Sc1n[nH]c(-c2cccs2)n1)C(=O)Nc1ccc(C(N)=O)cc1. The van der Waals surface area contributed by atoms with Crippen molar-refractivity contribution >= 4 is 40.6 Å². The summed E-state index contributed by atoms with van der Waals surface area (Å²) in [7, 11) is 0. The van der Waals surface area contributed by atoms with E-state index in [4.69, 9.17) is 5.73 Å². The van der Waals surface area contributed by atoms with Gasteiger partial charge in [-0.25, -0.2) is 4.98 Å². The summed E-state index contributed by atoms with van der Waals surface area (Å²) in [5.41, 5.74) is 6.18. The van der Waals surface area contributed by atoms with E-state index in [1.54, 1.807) is 42.5 Å². The smallest absolute Gasteiger partial charge is 0.248 e. The van der Waals surface area contributed by atoms with E-state index in [0.717, 1.165) is 4.88 Å². The molecule has 0 aliphatic rings. The summed E-state index contributed by atoms with van der Waals surface area (Å²) in [6, 6.07) is 10.3. The van der Waals surface area contributed by atoms with Crippen molar-refractivity contribution in [2.45, 2.75) is 17.3 Å². The molecular weight excluding hydrogens is 358 g/mol. The van der Waals surface area contributed by atoms with Crippen LogP contribution in [0.15, 0.2) is 46.9 Å². The molecule has 0 saturated heterocycles. The van der Waals surface area contributed by atoms with Crippen LogP contribution >= 0.6 is 23.1 Å². The number of anilines is 1. The summed E-state index contributed by atoms with van der Waals surface area (Å²) in [4.78, 5) is 28.7. The Balaban J connectivity index is 1.60. The van der Waals surface area contributed by atoms with Crippen molar-refractivity contribution in [2.75, 3.05) is 5.32 Å². The molecule has 0 bridgehead atoms. The second-order valence-corrected chi connectivity index (χ2v) is 7.39. The highest BCUT2D eigenvalue weighted by atomic mass is 32.2. The van der Waals surface area contributed by atoms with Gasteiger partial charge in [0.25, 0.3) is 0 Å². The number of rotatable bonds is 6. The molecule has 7 nitrogen and oxygen atoms in total. The lowest BCUT2D eigenvalue weighted by molar-refractivity contribution is -0.115. The molecule has 2 aromatic heterocycles. The highest BCUT2D eigenvalue weighted by molar-refractivity contribution is 8.00. The minimum Gasteiger partial charge on any atom is -0.366 e. The van der Waals surface area contributed by atoms with Gasteiger partial charge in [0.15, 0.2) is 5.82 Å². The molecule has 9 heteroatoms. The van der Waals surface area contributed by atoms with Crippen molar-refractivity contribution in [1.82, 2.24) is 15.2 Å². The number of nitrogens with zero attached hydrogens (tertiary/aromatic N) is 2. The van der Waals surface area contributed by atoms with Gasteiger partial charge >= 0.3 is 0 Å². The van der Waals surface area contributed by atoms with Gasteiger partial charge in [-0.15, -0.1) is 16.4 Å². The number of thioether (sulfide) groups is 1. The summed E-state index contributed by atoms with van der Waals surface area (Å²) in [5.74, 6) is -0.000557.